The third-order valence-electron chi connectivity index (χ3n) is 0. The Hall–Kier alpha value is 1.59. The Morgan fingerprint density at radius 3 is 1.12 bits per heavy atom. The van der Waals surface area contributed by atoms with Crippen LogP contribution < -0.4 is 0 Å². The van der Waals surface area contributed by atoms with Gasteiger partial charge in [0.25, 0.3) is 0 Å². The van der Waals surface area contributed by atoms with E-state index in [1.807, 2.05) is 0 Å². The van der Waals surface area contributed by atoms with Gasteiger partial charge in [-0.3, -0.25) is 13.8 Å². The van der Waals surface area contributed by atoms with Crippen LogP contribution in [0.5, 0.6) is 0 Å². The van der Waals surface area contributed by atoms with E-state index in [0.29, 0.717) is 0 Å². The molecule has 40 valence electrons. The zero-order valence-corrected chi connectivity index (χ0v) is 7.99. The van der Waals surface area contributed by atoms with Gasteiger partial charge in [-0.15, -0.1) is 0 Å². The van der Waals surface area contributed by atoms with Gasteiger partial charge in [0.1, 0.15) is 0 Å². The van der Waals surface area contributed by atoms with Crippen LogP contribution in [0, 0.1) is 0 Å². The fraction of sp³-hybridized carbons (Fsp3) is 0. The summed E-state index contributed by atoms with van der Waals surface area (Å²) in [5, 5.41) is 0. The number of hydrogen-bond donors (Lipinski definition) is 2. The third kappa shape index (κ3) is 130. The van der Waals surface area contributed by atoms with Gasteiger partial charge in [0.2, 0.25) is 0 Å². The number of hydrogen-bond acceptors (Lipinski definition) is 2. The first-order chi connectivity index (χ1) is 2.00. The summed E-state index contributed by atoms with van der Waals surface area (Å²) in [6.07, 6.45) is 0. The average Bonchev–Trinajstić information content (AvgIpc) is 0.722. The molecule has 8 heavy (non-hydrogen) atoms. The maximum atomic E-state index is 8.74. The first-order valence-corrected chi connectivity index (χ1v) is 2.10. The van der Waals surface area contributed by atoms with Crippen molar-refractivity contribution < 1.29 is 22.2 Å². The molecule has 0 bridgehead atoms. The minimum atomic E-state index is -4.67. The van der Waals surface area contributed by atoms with E-state index in [1.54, 1.807) is 0 Å². The predicted octanol–water partition coefficient (Wildman–Crippen LogP) is -1.26. The van der Waals surface area contributed by atoms with Crippen molar-refractivity contribution in [2.24, 2.45) is 0 Å². The Kier molecular flexibility index (Phi) is 24.3. The summed E-state index contributed by atoms with van der Waals surface area (Å²) in [5.74, 6) is 0. The molecular weight excluding hydrogens is 182 g/mol. The largest absolute Gasteiger partial charge is 3.00 e. The summed E-state index contributed by atoms with van der Waals surface area (Å²) in [7, 11) is -4.67. The van der Waals surface area contributed by atoms with Crippen molar-refractivity contribution in [3.05, 3.63) is 0 Å². The molecule has 0 amide bonds. The van der Waals surface area contributed by atoms with Crippen LogP contribution >= 0.6 is 0 Å². The molecule has 0 saturated carbocycles. The molecule has 0 saturated heterocycles. The molecule has 2 N–H and O–H groups in total. The molecule has 0 aromatic heterocycles. The second-order valence-corrected chi connectivity index (χ2v) is 1.34. The molecule has 0 unspecified atom stereocenters. The first kappa shape index (κ1) is 22.6. The molecule has 0 aliphatic heterocycles. The van der Waals surface area contributed by atoms with Crippen LogP contribution in [-0.4, -0.2) is 72.6 Å². The molecule has 4 nitrogen and oxygen atoms in total. The van der Waals surface area contributed by atoms with Gasteiger partial charge in [-0.1, -0.05) is 0 Å². The molecule has 0 radical (unpaired) electrons. The van der Waals surface area contributed by atoms with Gasteiger partial charge >= 0.3 is 65.5 Å². The van der Waals surface area contributed by atoms with Crippen molar-refractivity contribution in [3.8, 4) is 0 Å². The SMILES string of the molecule is F.O=S(=O)(O)O.[Al+3].[Ca+2]. The van der Waals surface area contributed by atoms with Gasteiger partial charge in [0.05, 0.1) is 0 Å². The maximum Gasteiger partial charge on any atom is 3.00 e. The van der Waals surface area contributed by atoms with E-state index in [9.17, 15) is 0 Å². The average molecular weight is 185 g/mol. The van der Waals surface area contributed by atoms with Crippen LogP contribution in [0.3, 0.4) is 0 Å². The normalized spacial score (nSPS) is 7.25. The molecule has 0 aromatic rings. The fourth-order valence-electron chi connectivity index (χ4n) is 0. The monoisotopic (exact) mass is 185 g/mol. The van der Waals surface area contributed by atoms with E-state index >= 15 is 0 Å². The van der Waals surface area contributed by atoms with Gasteiger partial charge in [-0.2, -0.15) is 8.42 Å². The number of rotatable bonds is 0. The Bertz CT molecular complexity index is 99.2. The summed E-state index contributed by atoms with van der Waals surface area (Å²) in [6, 6.07) is 0. The summed E-state index contributed by atoms with van der Waals surface area (Å²) >= 11 is 0. The van der Waals surface area contributed by atoms with Crippen molar-refractivity contribution in [2.45, 2.75) is 0 Å². The molecule has 0 rings (SSSR count). The summed E-state index contributed by atoms with van der Waals surface area (Å²) in [4.78, 5) is 0. The van der Waals surface area contributed by atoms with Crippen molar-refractivity contribution in [1.29, 1.82) is 0 Å². The smallest absolute Gasteiger partial charge is 0.269 e. The van der Waals surface area contributed by atoms with E-state index < -0.39 is 10.4 Å². The van der Waals surface area contributed by atoms with Crippen molar-refractivity contribution in [1.82, 2.24) is 0 Å². The zero-order chi connectivity index (χ0) is 4.50. The molecule has 0 aromatic carbocycles. The van der Waals surface area contributed by atoms with Crippen LogP contribution in [0.4, 0.5) is 4.70 Å². The van der Waals surface area contributed by atoms with E-state index in [0.717, 1.165) is 0 Å². The number of halogens is 1. The van der Waals surface area contributed by atoms with Crippen molar-refractivity contribution in [2.75, 3.05) is 0 Å². The fourth-order valence-corrected chi connectivity index (χ4v) is 0. The van der Waals surface area contributed by atoms with Crippen LogP contribution in [0.15, 0.2) is 0 Å². The third-order valence-corrected chi connectivity index (χ3v) is 0. The van der Waals surface area contributed by atoms with E-state index in [4.69, 9.17) is 17.5 Å². The van der Waals surface area contributed by atoms with Gasteiger partial charge in [-0.25, -0.2) is 0 Å². The Balaban J connectivity index is -0.0000000267. The second kappa shape index (κ2) is 8.59. The summed E-state index contributed by atoms with van der Waals surface area (Å²) in [6.45, 7) is 0. The van der Waals surface area contributed by atoms with Gasteiger partial charge in [0.15, 0.2) is 0 Å². The Morgan fingerprint density at radius 1 is 1.12 bits per heavy atom. The topological polar surface area (TPSA) is 74.6 Å². The van der Waals surface area contributed by atoms with E-state index in [1.165, 1.54) is 0 Å². The standard InChI is InChI=1S/Al.Ca.FH.H2O4S/c;;;1-5(2,3)4/h;;1H;(H2,1,2,3,4)/q+3;+2;;. The summed E-state index contributed by atoms with van der Waals surface area (Å²) < 4.78 is 31.6. The van der Waals surface area contributed by atoms with Gasteiger partial charge in [0, 0.05) is 0 Å². The molecule has 8 heteroatoms. The predicted molar refractivity (Wildman–Crippen MR) is 28.2 cm³/mol. The molecule has 0 fully saturated rings. The minimum absolute atomic E-state index is 0. The second-order valence-electron chi connectivity index (χ2n) is 0.448. The van der Waals surface area contributed by atoms with E-state index in [2.05, 4.69) is 0 Å². The van der Waals surface area contributed by atoms with Crippen molar-refractivity contribution >= 4 is 65.5 Å². The molecule has 0 atom stereocenters. The quantitative estimate of drug-likeness (QED) is 0.365. The van der Waals surface area contributed by atoms with Gasteiger partial charge in [-0.05, 0) is 0 Å². The Morgan fingerprint density at radius 2 is 1.12 bits per heavy atom. The van der Waals surface area contributed by atoms with E-state index in [-0.39, 0.29) is 59.8 Å². The molecule has 0 aliphatic rings. The van der Waals surface area contributed by atoms with Crippen molar-refractivity contribution in [3.63, 3.8) is 0 Å². The molecular formula is H3AlCaFO4S+5. The Labute approximate surface area is 86.7 Å². The molecule has 0 heterocycles. The molecule has 0 aliphatic carbocycles. The maximum absolute atomic E-state index is 8.74. The summed E-state index contributed by atoms with van der Waals surface area (Å²) in [5.41, 5.74) is 0. The van der Waals surface area contributed by atoms with Crippen LogP contribution in [-0.2, 0) is 10.4 Å². The molecule has 0 spiro atoms. The van der Waals surface area contributed by atoms with Crippen LogP contribution in [0.2, 0.25) is 0 Å². The first-order valence-electron chi connectivity index (χ1n) is 0.698. The van der Waals surface area contributed by atoms with Crippen LogP contribution in [0.25, 0.3) is 0 Å². The van der Waals surface area contributed by atoms with Gasteiger partial charge < -0.3 is 0 Å². The minimum Gasteiger partial charge on any atom is -0.269 e. The zero-order valence-electron chi connectivity index (χ0n) is 3.81. The van der Waals surface area contributed by atoms with Crippen LogP contribution in [0.1, 0.15) is 0 Å².